The smallest absolute Gasteiger partial charge is 0.268 e. The number of amides is 1. The van der Waals surface area contributed by atoms with Crippen molar-refractivity contribution in [2.75, 3.05) is 17.2 Å². The molecular formula is C13H21N3OS. The summed E-state index contributed by atoms with van der Waals surface area (Å²) in [6.45, 7) is 2.93. The fourth-order valence-corrected chi connectivity index (χ4v) is 3.36. The van der Waals surface area contributed by atoms with E-state index in [-0.39, 0.29) is 5.91 Å². The molecule has 2 heterocycles. The standard InChI is InChI=1S/C13H21N3OS/c1-2-5-16-9-10(14)8-12(16)13(17)15-11-3-6-18-7-4-11/h8-9,11H,2-7,14H2,1H3,(H,15,17). The molecule has 0 radical (unpaired) electrons. The summed E-state index contributed by atoms with van der Waals surface area (Å²) in [4.78, 5) is 12.2. The molecule has 2 rings (SSSR count). The molecule has 0 aliphatic carbocycles. The Labute approximate surface area is 112 Å². The summed E-state index contributed by atoms with van der Waals surface area (Å²) in [5, 5.41) is 3.12. The number of carbonyl (C=O) groups excluding carboxylic acids is 1. The SMILES string of the molecule is CCCn1cc(N)cc1C(=O)NC1CCSCC1. The number of nitrogens with zero attached hydrogens (tertiary/aromatic N) is 1. The van der Waals surface area contributed by atoms with Gasteiger partial charge in [0.1, 0.15) is 5.69 Å². The number of thioether (sulfide) groups is 1. The van der Waals surface area contributed by atoms with Crippen molar-refractivity contribution in [2.45, 2.75) is 38.8 Å². The summed E-state index contributed by atoms with van der Waals surface area (Å²) < 4.78 is 1.95. The molecule has 0 spiro atoms. The van der Waals surface area contributed by atoms with Crippen molar-refractivity contribution in [3.8, 4) is 0 Å². The van der Waals surface area contributed by atoms with Gasteiger partial charge in [-0.05, 0) is 36.8 Å². The Morgan fingerprint density at radius 2 is 2.28 bits per heavy atom. The van der Waals surface area contributed by atoms with Gasteiger partial charge in [-0.2, -0.15) is 11.8 Å². The molecular weight excluding hydrogens is 246 g/mol. The normalized spacial score (nSPS) is 16.7. The van der Waals surface area contributed by atoms with Crippen molar-refractivity contribution in [3.05, 3.63) is 18.0 Å². The monoisotopic (exact) mass is 267 g/mol. The second kappa shape index (κ2) is 6.18. The molecule has 1 aliphatic rings. The average Bonchev–Trinajstić information content (AvgIpc) is 2.72. The maximum absolute atomic E-state index is 12.2. The van der Waals surface area contributed by atoms with Gasteiger partial charge in [-0.3, -0.25) is 4.79 Å². The van der Waals surface area contributed by atoms with Crippen LogP contribution in [0.15, 0.2) is 12.3 Å². The van der Waals surface area contributed by atoms with Crippen molar-refractivity contribution >= 4 is 23.4 Å². The first-order valence-corrected chi connectivity index (χ1v) is 7.70. The highest BCUT2D eigenvalue weighted by Crippen LogP contribution is 2.18. The fraction of sp³-hybridized carbons (Fsp3) is 0.615. The molecule has 1 aromatic heterocycles. The number of nitrogen functional groups attached to an aromatic ring is 1. The number of hydrogen-bond donors (Lipinski definition) is 2. The van der Waals surface area contributed by atoms with E-state index in [1.54, 1.807) is 6.07 Å². The molecule has 1 saturated heterocycles. The number of carbonyl (C=O) groups is 1. The van der Waals surface area contributed by atoms with Crippen LogP contribution >= 0.6 is 11.8 Å². The Hall–Kier alpha value is -1.10. The third-order valence-corrected chi connectivity index (χ3v) is 4.22. The van der Waals surface area contributed by atoms with Crippen LogP contribution in [0.5, 0.6) is 0 Å². The van der Waals surface area contributed by atoms with E-state index in [1.165, 1.54) is 0 Å². The van der Waals surface area contributed by atoms with Crippen molar-refractivity contribution < 1.29 is 4.79 Å². The molecule has 0 bridgehead atoms. The number of aromatic nitrogens is 1. The number of hydrogen-bond acceptors (Lipinski definition) is 3. The van der Waals surface area contributed by atoms with Crippen LogP contribution in [0, 0.1) is 0 Å². The maximum atomic E-state index is 12.2. The van der Waals surface area contributed by atoms with Crippen LogP contribution in [0.3, 0.4) is 0 Å². The van der Waals surface area contributed by atoms with Gasteiger partial charge >= 0.3 is 0 Å². The number of nitrogens with one attached hydrogen (secondary N) is 1. The van der Waals surface area contributed by atoms with Gasteiger partial charge in [0.2, 0.25) is 0 Å². The largest absolute Gasteiger partial charge is 0.397 e. The molecule has 3 N–H and O–H groups in total. The highest BCUT2D eigenvalue weighted by Gasteiger charge is 2.19. The molecule has 4 nitrogen and oxygen atoms in total. The predicted molar refractivity (Wildman–Crippen MR) is 76.9 cm³/mol. The first-order chi connectivity index (χ1) is 8.70. The summed E-state index contributed by atoms with van der Waals surface area (Å²) in [6, 6.07) is 2.09. The zero-order chi connectivity index (χ0) is 13.0. The number of nitrogens with two attached hydrogens (primary N) is 1. The zero-order valence-corrected chi connectivity index (χ0v) is 11.6. The topological polar surface area (TPSA) is 60.0 Å². The van der Waals surface area contributed by atoms with Gasteiger partial charge in [0.15, 0.2) is 0 Å². The van der Waals surface area contributed by atoms with E-state index in [9.17, 15) is 4.79 Å². The van der Waals surface area contributed by atoms with Crippen molar-refractivity contribution in [1.29, 1.82) is 0 Å². The van der Waals surface area contributed by atoms with E-state index in [0.29, 0.717) is 17.4 Å². The lowest BCUT2D eigenvalue weighted by atomic mass is 10.1. The molecule has 1 aliphatic heterocycles. The van der Waals surface area contributed by atoms with Crippen LogP contribution in [0.2, 0.25) is 0 Å². The molecule has 0 unspecified atom stereocenters. The number of anilines is 1. The highest BCUT2D eigenvalue weighted by molar-refractivity contribution is 7.99. The molecule has 5 heteroatoms. The van der Waals surface area contributed by atoms with Crippen LogP contribution in [0.25, 0.3) is 0 Å². The van der Waals surface area contributed by atoms with Gasteiger partial charge in [-0.1, -0.05) is 6.92 Å². The van der Waals surface area contributed by atoms with Crippen LogP contribution in [-0.4, -0.2) is 28.0 Å². The van der Waals surface area contributed by atoms with Crippen LogP contribution in [0.4, 0.5) is 5.69 Å². The maximum Gasteiger partial charge on any atom is 0.268 e. The van der Waals surface area contributed by atoms with E-state index >= 15 is 0 Å². The lowest BCUT2D eigenvalue weighted by Crippen LogP contribution is -2.38. The molecule has 1 aromatic rings. The Bertz CT molecular complexity index is 410. The number of rotatable bonds is 4. The zero-order valence-electron chi connectivity index (χ0n) is 10.8. The van der Waals surface area contributed by atoms with Crippen LogP contribution in [0.1, 0.15) is 36.7 Å². The van der Waals surface area contributed by atoms with Gasteiger partial charge in [0, 0.05) is 18.8 Å². The molecule has 1 amide bonds. The second-order valence-corrected chi connectivity index (χ2v) is 5.94. The van der Waals surface area contributed by atoms with Gasteiger partial charge < -0.3 is 15.6 Å². The van der Waals surface area contributed by atoms with Crippen LogP contribution < -0.4 is 11.1 Å². The lowest BCUT2D eigenvalue weighted by molar-refractivity contribution is 0.0925. The first kappa shape index (κ1) is 13.3. The van der Waals surface area contributed by atoms with E-state index in [2.05, 4.69) is 12.2 Å². The van der Waals surface area contributed by atoms with E-state index in [1.807, 2.05) is 22.5 Å². The predicted octanol–water partition coefficient (Wildman–Crippen LogP) is 2.11. The number of aryl methyl sites for hydroxylation is 1. The van der Waals surface area contributed by atoms with Gasteiger partial charge in [0.05, 0.1) is 5.69 Å². The fourth-order valence-electron chi connectivity index (χ4n) is 2.25. The van der Waals surface area contributed by atoms with Crippen molar-refractivity contribution in [2.24, 2.45) is 0 Å². The third kappa shape index (κ3) is 3.22. The minimum absolute atomic E-state index is 0.0112. The quantitative estimate of drug-likeness (QED) is 0.878. The Kier molecular flexibility index (Phi) is 4.58. The molecule has 100 valence electrons. The molecule has 0 atom stereocenters. The molecule has 0 aromatic carbocycles. The van der Waals surface area contributed by atoms with Crippen LogP contribution in [-0.2, 0) is 6.54 Å². The van der Waals surface area contributed by atoms with E-state index in [0.717, 1.165) is 37.3 Å². The molecule has 1 fully saturated rings. The van der Waals surface area contributed by atoms with Crippen molar-refractivity contribution in [1.82, 2.24) is 9.88 Å². The minimum Gasteiger partial charge on any atom is -0.397 e. The van der Waals surface area contributed by atoms with Crippen molar-refractivity contribution in [3.63, 3.8) is 0 Å². The average molecular weight is 267 g/mol. The van der Waals surface area contributed by atoms with Gasteiger partial charge in [0.25, 0.3) is 5.91 Å². The van der Waals surface area contributed by atoms with Gasteiger partial charge in [-0.15, -0.1) is 0 Å². The summed E-state index contributed by atoms with van der Waals surface area (Å²) in [6.07, 6.45) is 4.98. The third-order valence-electron chi connectivity index (χ3n) is 3.17. The molecule has 0 saturated carbocycles. The Morgan fingerprint density at radius 1 is 1.56 bits per heavy atom. The van der Waals surface area contributed by atoms with Gasteiger partial charge in [-0.25, -0.2) is 0 Å². The Balaban J connectivity index is 2.03. The summed E-state index contributed by atoms with van der Waals surface area (Å²) in [5.41, 5.74) is 7.12. The molecule has 18 heavy (non-hydrogen) atoms. The Morgan fingerprint density at radius 3 is 2.94 bits per heavy atom. The van der Waals surface area contributed by atoms with E-state index in [4.69, 9.17) is 5.73 Å². The first-order valence-electron chi connectivity index (χ1n) is 6.55. The lowest BCUT2D eigenvalue weighted by Gasteiger charge is -2.22. The summed E-state index contributed by atoms with van der Waals surface area (Å²) in [5.74, 6) is 2.30. The van der Waals surface area contributed by atoms with E-state index < -0.39 is 0 Å². The highest BCUT2D eigenvalue weighted by atomic mass is 32.2. The minimum atomic E-state index is 0.0112. The summed E-state index contributed by atoms with van der Waals surface area (Å²) >= 11 is 1.96. The summed E-state index contributed by atoms with van der Waals surface area (Å²) in [7, 11) is 0. The second-order valence-electron chi connectivity index (χ2n) is 4.71.